The Morgan fingerprint density at radius 3 is 2.48 bits per heavy atom. The molecule has 0 spiro atoms. The minimum absolute atomic E-state index is 0.117. The van der Waals surface area contributed by atoms with Crippen molar-refractivity contribution in [1.29, 1.82) is 0 Å². The number of carbonyl (C=O) groups is 1. The molecule has 0 aliphatic rings. The van der Waals surface area contributed by atoms with Crippen LogP contribution in [0.4, 0.5) is 5.69 Å². The molecule has 112 valence electrons. The van der Waals surface area contributed by atoms with E-state index in [0.717, 1.165) is 15.6 Å². The first kappa shape index (κ1) is 15.8. The van der Waals surface area contributed by atoms with E-state index in [4.69, 9.17) is 17.3 Å². The number of hydrogen-bond donors (Lipinski definition) is 1. The third-order valence-electron chi connectivity index (χ3n) is 2.96. The summed E-state index contributed by atoms with van der Waals surface area (Å²) in [6, 6.07) is 7.78. The Morgan fingerprint density at radius 2 is 1.95 bits per heavy atom. The Morgan fingerprint density at radius 1 is 1.33 bits per heavy atom. The van der Waals surface area contributed by atoms with Gasteiger partial charge in [-0.2, -0.15) is 0 Å². The monoisotopic (exact) mass is 344 g/mol. The van der Waals surface area contributed by atoms with Crippen LogP contribution in [0.15, 0.2) is 34.5 Å². The molecule has 1 amide bonds. The predicted octanol–water partition coefficient (Wildman–Crippen LogP) is 2.63. The van der Waals surface area contributed by atoms with Crippen molar-refractivity contribution >= 4 is 44.6 Å². The van der Waals surface area contributed by atoms with Gasteiger partial charge in [-0.3, -0.25) is 9.10 Å². The highest BCUT2D eigenvalue weighted by Gasteiger charge is 2.26. The predicted molar refractivity (Wildman–Crippen MR) is 84.6 cm³/mol. The zero-order valence-corrected chi connectivity index (χ0v) is 13.7. The molecule has 1 aromatic heterocycles. The molecular weight excluding hydrogens is 332 g/mol. The van der Waals surface area contributed by atoms with Gasteiger partial charge in [-0.05, 0) is 30.7 Å². The number of thiophene rings is 1. The van der Waals surface area contributed by atoms with Crippen LogP contribution >= 0.6 is 22.9 Å². The SMILES string of the molecule is Cc1cc(S(=O)(=O)N(C)c2ccccc2C(N)=O)sc1Cl. The van der Waals surface area contributed by atoms with Crippen LogP contribution < -0.4 is 10.0 Å². The summed E-state index contributed by atoms with van der Waals surface area (Å²) in [7, 11) is -2.42. The lowest BCUT2D eigenvalue weighted by atomic mass is 10.2. The number of para-hydroxylation sites is 1. The molecule has 2 N–H and O–H groups in total. The fourth-order valence-corrected chi connectivity index (χ4v) is 4.87. The van der Waals surface area contributed by atoms with Crippen LogP contribution in [0.3, 0.4) is 0 Å². The Hall–Kier alpha value is -1.57. The Labute approximate surface area is 132 Å². The third-order valence-corrected chi connectivity index (χ3v) is 6.73. The molecule has 0 saturated carbocycles. The number of sulfonamides is 1. The van der Waals surface area contributed by atoms with Crippen LogP contribution in [-0.2, 0) is 10.0 Å². The number of primary amides is 1. The van der Waals surface area contributed by atoms with Gasteiger partial charge in [0.15, 0.2) is 0 Å². The summed E-state index contributed by atoms with van der Waals surface area (Å²) in [5, 5.41) is 0. The van der Waals surface area contributed by atoms with Gasteiger partial charge in [0.1, 0.15) is 4.21 Å². The lowest BCUT2D eigenvalue weighted by Crippen LogP contribution is -2.28. The van der Waals surface area contributed by atoms with Crippen LogP contribution in [0.2, 0.25) is 4.34 Å². The van der Waals surface area contributed by atoms with E-state index in [-0.39, 0.29) is 15.5 Å². The number of aryl methyl sites for hydroxylation is 1. The molecule has 0 radical (unpaired) electrons. The number of nitrogens with zero attached hydrogens (tertiary/aromatic N) is 1. The molecule has 8 heteroatoms. The molecule has 0 saturated heterocycles. The van der Waals surface area contributed by atoms with Gasteiger partial charge in [0, 0.05) is 7.05 Å². The summed E-state index contributed by atoms with van der Waals surface area (Å²) < 4.78 is 26.8. The van der Waals surface area contributed by atoms with Crippen LogP contribution in [0.5, 0.6) is 0 Å². The van der Waals surface area contributed by atoms with E-state index >= 15 is 0 Å². The highest BCUT2D eigenvalue weighted by atomic mass is 35.5. The van der Waals surface area contributed by atoms with Gasteiger partial charge >= 0.3 is 0 Å². The van der Waals surface area contributed by atoms with Crippen LogP contribution in [0.1, 0.15) is 15.9 Å². The Balaban J connectivity index is 2.53. The van der Waals surface area contributed by atoms with Crippen molar-refractivity contribution in [3.8, 4) is 0 Å². The fraction of sp³-hybridized carbons (Fsp3) is 0.154. The van der Waals surface area contributed by atoms with E-state index in [0.29, 0.717) is 9.90 Å². The summed E-state index contributed by atoms with van der Waals surface area (Å²) >= 11 is 6.91. The van der Waals surface area contributed by atoms with Gasteiger partial charge in [0.05, 0.1) is 15.6 Å². The van der Waals surface area contributed by atoms with E-state index in [1.165, 1.54) is 25.2 Å². The molecule has 0 fully saturated rings. The summed E-state index contributed by atoms with van der Waals surface area (Å²) in [5.74, 6) is -0.687. The van der Waals surface area contributed by atoms with E-state index in [1.54, 1.807) is 19.1 Å². The van der Waals surface area contributed by atoms with Crippen LogP contribution in [-0.4, -0.2) is 21.4 Å². The van der Waals surface area contributed by atoms with E-state index in [1.807, 2.05) is 0 Å². The highest BCUT2D eigenvalue weighted by Crippen LogP contribution is 2.33. The Kier molecular flexibility index (Phi) is 4.27. The lowest BCUT2D eigenvalue weighted by molar-refractivity contribution is 0.100. The molecule has 1 heterocycles. The first-order valence-electron chi connectivity index (χ1n) is 5.89. The van der Waals surface area contributed by atoms with Crippen molar-refractivity contribution in [1.82, 2.24) is 0 Å². The standard InChI is InChI=1S/C13H13ClN2O3S2/c1-8-7-11(20-12(8)14)21(18,19)16(2)10-6-4-3-5-9(10)13(15)17/h3-7H,1-2H3,(H2,15,17). The van der Waals surface area contributed by atoms with Crippen molar-refractivity contribution in [3.63, 3.8) is 0 Å². The number of amides is 1. The van der Waals surface area contributed by atoms with Gasteiger partial charge in [0.2, 0.25) is 0 Å². The van der Waals surface area contributed by atoms with E-state index in [2.05, 4.69) is 0 Å². The fourth-order valence-electron chi connectivity index (χ4n) is 1.78. The van der Waals surface area contributed by atoms with Crippen LogP contribution in [0.25, 0.3) is 0 Å². The highest BCUT2D eigenvalue weighted by molar-refractivity contribution is 7.94. The number of nitrogens with two attached hydrogens (primary N) is 1. The first-order chi connectivity index (χ1) is 9.75. The topological polar surface area (TPSA) is 80.5 Å². The molecule has 21 heavy (non-hydrogen) atoms. The average Bonchev–Trinajstić information content (AvgIpc) is 2.78. The van der Waals surface area contributed by atoms with Gasteiger partial charge < -0.3 is 5.73 Å². The second-order valence-corrected chi connectivity index (χ2v) is 8.23. The largest absolute Gasteiger partial charge is 0.366 e. The van der Waals surface area contributed by atoms with Crippen molar-refractivity contribution in [3.05, 3.63) is 45.8 Å². The van der Waals surface area contributed by atoms with Crippen molar-refractivity contribution in [2.24, 2.45) is 5.73 Å². The molecule has 2 aromatic rings. The van der Waals surface area contributed by atoms with Crippen LogP contribution in [0, 0.1) is 6.92 Å². The molecule has 1 aromatic carbocycles. The number of carbonyl (C=O) groups excluding carboxylic acids is 1. The van der Waals surface area contributed by atoms with Crippen molar-refractivity contribution < 1.29 is 13.2 Å². The van der Waals surface area contributed by atoms with Gasteiger partial charge in [-0.1, -0.05) is 23.7 Å². The zero-order valence-electron chi connectivity index (χ0n) is 11.3. The Bertz CT molecular complexity index is 780. The summed E-state index contributed by atoms with van der Waals surface area (Å²) in [5.41, 5.74) is 6.35. The van der Waals surface area contributed by atoms with Crippen molar-refractivity contribution in [2.45, 2.75) is 11.1 Å². The van der Waals surface area contributed by atoms with Crippen molar-refractivity contribution in [2.75, 3.05) is 11.4 Å². The number of benzene rings is 1. The second-order valence-electron chi connectivity index (χ2n) is 4.38. The minimum Gasteiger partial charge on any atom is -0.366 e. The maximum atomic E-state index is 12.6. The smallest absolute Gasteiger partial charge is 0.273 e. The molecule has 0 aliphatic carbocycles. The molecule has 0 aliphatic heterocycles. The number of anilines is 1. The van der Waals surface area contributed by atoms with E-state index < -0.39 is 15.9 Å². The first-order valence-corrected chi connectivity index (χ1v) is 8.52. The lowest BCUT2D eigenvalue weighted by Gasteiger charge is -2.20. The van der Waals surface area contributed by atoms with Gasteiger partial charge in [-0.15, -0.1) is 11.3 Å². The maximum Gasteiger partial charge on any atom is 0.273 e. The van der Waals surface area contributed by atoms with Gasteiger partial charge in [0.25, 0.3) is 15.9 Å². The van der Waals surface area contributed by atoms with Gasteiger partial charge in [-0.25, -0.2) is 8.42 Å². The maximum absolute atomic E-state index is 12.6. The minimum atomic E-state index is -3.79. The molecule has 0 atom stereocenters. The zero-order chi connectivity index (χ0) is 15.8. The molecular formula is C13H13ClN2O3S2. The summed E-state index contributed by atoms with van der Waals surface area (Å²) in [6.45, 7) is 1.73. The third kappa shape index (κ3) is 2.90. The number of rotatable bonds is 4. The second kappa shape index (κ2) is 5.67. The molecule has 0 unspecified atom stereocenters. The normalized spacial score (nSPS) is 11.4. The molecule has 5 nitrogen and oxygen atoms in total. The number of halogens is 1. The molecule has 2 rings (SSSR count). The number of hydrogen-bond acceptors (Lipinski definition) is 4. The quantitative estimate of drug-likeness (QED) is 0.925. The summed E-state index contributed by atoms with van der Waals surface area (Å²) in [4.78, 5) is 11.4. The van der Waals surface area contributed by atoms with E-state index in [9.17, 15) is 13.2 Å². The molecule has 0 bridgehead atoms. The summed E-state index contributed by atoms with van der Waals surface area (Å²) in [6.07, 6.45) is 0. The average molecular weight is 345 g/mol.